The standard InChI is InChI=1S/C15H19ClN4/c1-20-13(12(16)10-18-20)14(19-17)15(8-5-9-15)11-6-3-2-4-7-11/h2-4,6-7,10,14,19H,5,8-9,17H2,1H3. The maximum absolute atomic E-state index is 6.31. The van der Waals surface area contributed by atoms with Gasteiger partial charge in [-0.3, -0.25) is 16.0 Å². The Morgan fingerprint density at radius 3 is 2.50 bits per heavy atom. The van der Waals surface area contributed by atoms with Crippen LogP contribution in [0.1, 0.15) is 36.6 Å². The van der Waals surface area contributed by atoms with Gasteiger partial charge in [-0.15, -0.1) is 0 Å². The van der Waals surface area contributed by atoms with E-state index in [9.17, 15) is 0 Å². The van der Waals surface area contributed by atoms with Crippen LogP contribution in [-0.2, 0) is 12.5 Å². The molecular weight excluding hydrogens is 272 g/mol. The van der Waals surface area contributed by atoms with E-state index in [1.165, 1.54) is 12.0 Å². The molecule has 1 unspecified atom stereocenters. The van der Waals surface area contributed by atoms with Crippen molar-refractivity contribution in [1.29, 1.82) is 0 Å². The number of hydrazine groups is 1. The Balaban J connectivity index is 2.08. The lowest BCUT2D eigenvalue weighted by Crippen LogP contribution is -2.49. The van der Waals surface area contributed by atoms with E-state index >= 15 is 0 Å². The Labute approximate surface area is 123 Å². The molecule has 1 aliphatic rings. The summed E-state index contributed by atoms with van der Waals surface area (Å²) >= 11 is 6.31. The lowest BCUT2D eigenvalue weighted by Gasteiger charge is -2.48. The summed E-state index contributed by atoms with van der Waals surface area (Å²) in [6.07, 6.45) is 5.10. The highest BCUT2D eigenvalue weighted by molar-refractivity contribution is 6.31. The molecule has 0 bridgehead atoms. The molecule has 1 aromatic heterocycles. The predicted octanol–water partition coefficient (Wildman–Crippen LogP) is 2.70. The van der Waals surface area contributed by atoms with Crippen molar-refractivity contribution in [3.8, 4) is 0 Å². The van der Waals surface area contributed by atoms with Crippen LogP contribution in [0.25, 0.3) is 0 Å². The number of halogens is 1. The summed E-state index contributed by atoms with van der Waals surface area (Å²) in [5.74, 6) is 5.88. The molecule has 1 atom stereocenters. The van der Waals surface area contributed by atoms with Gasteiger partial charge in [0, 0.05) is 12.5 Å². The average molecular weight is 291 g/mol. The molecule has 0 aliphatic heterocycles. The number of nitrogens with zero attached hydrogens (tertiary/aromatic N) is 2. The van der Waals surface area contributed by atoms with Gasteiger partial charge in [0.2, 0.25) is 0 Å². The second-order valence-electron chi connectivity index (χ2n) is 5.48. The highest BCUT2D eigenvalue weighted by Crippen LogP contribution is 2.52. The van der Waals surface area contributed by atoms with Crippen molar-refractivity contribution in [2.24, 2.45) is 12.9 Å². The van der Waals surface area contributed by atoms with Crippen molar-refractivity contribution in [2.75, 3.05) is 0 Å². The van der Waals surface area contributed by atoms with Crippen molar-refractivity contribution < 1.29 is 0 Å². The number of hydrogen-bond acceptors (Lipinski definition) is 3. The molecule has 106 valence electrons. The molecule has 3 N–H and O–H groups in total. The van der Waals surface area contributed by atoms with Crippen LogP contribution in [0.2, 0.25) is 5.02 Å². The quantitative estimate of drug-likeness (QED) is 0.672. The highest BCUT2D eigenvalue weighted by atomic mass is 35.5. The normalized spacial score (nSPS) is 18.6. The summed E-state index contributed by atoms with van der Waals surface area (Å²) in [6, 6.07) is 10.5. The summed E-state index contributed by atoms with van der Waals surface area (Å²) < 4.78 is 1.82. The molecule has 4 nitrogen and oxygen atoms in total. The van der Waals surface area contributed by atoms with E-state index in [1.54, 1.807) is 6.20 Å². The van der Waals surface area contributed by atoms with Crippen molar-refractivity contribution >= 4 is 11.6 Å². The molecule has 0 radical (unpaired) electrons. The lowest BCUT2D eigenvalue weighted by molar-refractivity contribution is 0.164. The molecule has 1 aromatic carbocycles. The van der Waals surface area contributed by atoms with Gasteiger partial charge >= 0.3 is 0 Å². The third kappa shape index (κ3) is 1.95. The van der Waals surface area contributed by atoms with E-state index in [-0.39, 0.29) is 11.5 Å². The number of hydrogen-bond donors (Lipinski definition) is 2. The highest BCUT2D eigenvalue weighted by Gasteiger charge is 2.47. The van der Waals surface area contributed by atoms with Gasteiger partial charge in [0.15, 0.2) is 0 Å². The average Bonchev–Trinajstić information content (AvgIpc) is 2.75. The second kappa shape index (κ2) is 5.20. The fourth-order valence-electron chi connectivity index (χ4n) is 3.32. The molecule has 0 saturated heterocycles. The summed E-state index contributed by atoms with van der Waals surface area (Å²) in [5.41, 5.74) is 5.26. The smallest absolute Gasteiger partial charge is 0.0834 e. The lowest BCUT2D eigenvalue weighted by atomic mass is 9.59. The van der Waals surface area contributed by atoms with Crippen molar-refractivity contribution in [3.05, 3.63) is 52.8 Å². The summed E-state index contributed by atoms with van der Waals surface area (Å²) in [7, 11) is 1.91. The molecule has 1 saturated carbocycles. The Morgan fingerprint density at radius 2 is 2.05 bits per heavy atom. The minimum absolute atomic E-state index is 0.00738. The molecule has 1 heterocycles. The van der Waals surface area contributed by atoms with Gasteiger partial charge < -0.3 is 0 Å². The number of rotatable bonds is 4. The minimum atomic E-state index is -0.0290. The Morgan fingerprint density at radius 1 is 1.35 bits per heavy atom. The topological polar surface area (TPSA) is 55.9 Å². The number of aromatic nitrogens is 2. The number of nitrogens with one attached hydrogen (secondary N) is 1. The summed E-state index contributed by atoms with van der Waals surface area (Å²) in [4.78, 5) is 0. The molecule has 1 aliphatic carbocycles. The van der Waals surface area contributed by atoms with Gasteiger partial charge in [-0.2, -0.15) is 5.10 Å². The van der Waals surface area contributed by atoms with E-state index in [0.29, 0.717) is 5.02 Å². The minimum Gasteiger partial charge on any atom is -0.271 e. The van der Waals surface area contributed by atoms with Crippen molar-refractivity contribution in [2.45, 2.75) is 30.7 Å². The molecular formula is C15H19ClN4. The Hall–Kier alpha value is -1.36. The Bertz CT molecular complexity index is 570. The third-order valence-corrected chi connectivity index (χ3v) is 4.82. The second-order valence-corrected chi connectivity index (χ2v) is 5.88. The first-order chi connectivity index (χ1) is 9.69. The predicted molar refractivity (Wildman–Crippen MR) is 80.3 cm³/mol. The van der Waals surface area contributed by atoms with E-state index in [0.717, 1.165) is 18.5 Å². The summed E-state index contributed by atoms with van der Waals surface area (Å²) in [5, 5.41) is 4.90. The van der Waals surface area contributed by atoms with Gasteiger partial charge in [0.25, 0.3) is 0 Å². The molecule has 1 fully saturated rings. The zero-order valence-electron chi connectivity index (χ0n) is 11.5. The molecule has 2 aromatic rings. The number of nitrogens with two attached hydrogens (primary N) is 1. The van der Waals surface area contributed by atoms with Gasteiger partial charge in [-0.05, 0) is 18.4 Å². The number of benzene rings is 1. The van der Waals surface area contributed by atoms with Crippen LogP contribution >= 0.6 is 11.6 Å². The third-order valence-electron chi connectivity index (χ3n) is 4.52. The van der Waals surface area contributed by atoms with Crippen LogP contribution in [0.5, 0.6) is 0 Å². The first-order valence-electron chi connectivity index (χ1n) is 6.88. The van der Waals surface area contributed by atoms with Crippen molar-refractivity contribution in [3.63, 3.8) is 0 Å². The van der Waals surface area contributed by atoms with Crippen LogP contribution in [-0.4, -0.2) is 9.78 Å². The fraction of sp³-hybridized carbons (Fsp3) is 0.400. The van der Waals surface area contributed by atoms with E-state index in [4.69, 9.17) is 17.4 Å². The van der Waals surface area contributed by atoms with E-state index in [1.807, 2.05) is 17.8 Å². The van der Waals surface area contributed by atoms with Crippen molar-refractivity contribution in [1.82, 2.24) is 15.2 Å². The molecule has 0 spiro atoms. The number of aryl methyl sites for hydroxylation is 1. The van der Waals surface area contributed by atoms with Crippen LogP contribution in [0, 0.1) is 0 Å². The van der Waals surface area contributed by atoms with Crippen LogP contribution in [0.4, 0.5) is 0 Å². The first kappa shape index (κ1) is 13.6. The van der Waals surface area contributed by atoms with Crippen LogP contribution in [0.3, 0.4) is 0 Å². The monoisotopic (exact) mass is 290 g/mol. The van der Waals surface area contributed by atoms with Gasteiger partial charge in [0.1, 0.15) is 0 Å². The molecule has 3 rings (SSSR count). The summed E-state index contributed by atoms with van der Waals surface area (Å²) in [6.45, 7) is 0. The Kier molecular flexibility index (Phi) is 3.54. The maximum Gasteiger partial charge on any atom is 0.0834 e. The van der Waals surface area contributed by atoms with Crippen LogP contribution in [0.15, 0.2) is 36.5 Å². The SMILES string of the molecule is Cn1ncc(Cl)c1C(NN)C1(c2ccccc2)CCC1. The van der Waals surface area contributed by atoms with Gasteiger partial charge in [0.05, 0.1) is 23.0 Å². The zero-order valence-corrected chi connectivity index (χ0v) is 12.3. The van der Waals surface area contributed by atoms with Gasteiger partial charge in [-0.1, -0.05) is 48.4 Å². The molecule has 5 heteroatoms. The first-order valence-corrected chi connectivity index (χ1v) is 7.26. The fourth-order valence-corrected chi connectivity index (χ4v) is 3.59. The maximum atomic E-state index is 6.31. The van der Waals surface area contributed by atoms with Crippen LogP contribution < -0.4 is 11.3 Å². The zero-order chi connectivity index (χ0) is 14.2. The molecule has 20 heavy (non-hydrogen) atoms. The largest absolute Gasteiger partial charge is 0.271 e. The van der Waals surface area contributed by atoms with Gasteiger partial charge in [-0.25, -0.2) is 0 Å². The van der Waals surface area contributed by atoms with E-state index < -0.39 is 0 Å². The van der Waals surface area contributed by atoms with E-state index in [2.05, 4.69) is 34.8 Å². The molecule has 0 amide bonds.